The summed E-state index contributed by atoms with van der Waals surface area (Å²) in [6, 6.07) is 8.52. The third-order valence-electron chi connectivity index (χ3n) is 6.43. The second-order valence-corrected chi connectivity index (χ2v) is 11.4. The molecule has 0 aliphatic heterocycles. The van der Waals surface area contributed by atoms with Gasteiger partial charge in [-0.15, -0.1) is 0 Å². The molecule has 0 spiro atoms. The number of unbranched alkanes of at least 4 members (excludes halogenated alkanes) is 10. The summed E-state index contributed by atoms with van der Waals surface area (Å²) >= 11 is 0. The van der Waals surface area contributed by atoms with Crippen molar-refractivity contribution >= 4 is 18.0 Å². The van der Waals surface area contributed by atoms with Crippen molar-refractivity contribution in [1.82, 2.24) is 5.32 Å². The second kappa shape index (κ2) is 19.5. The topological polar surface area (TPSA) is 108 Å². The number of rotatable bonds is 20. The van der Waals surface area contributed by atoms with Crippen LogP contribution in [0.2, 0.25) is 0 Å². The molecule has 38 heavy (non-hydrogen) atoms. The molecule has 0 heterocycles. The molecule has 0 fully saturated rings. The Balaban J connectivity index is 2.51. The summed E-state index contributed by atoms with van der Waals surface area (Å²) in [6.07, 6.45) is 14.3. The molecule has 0 aliphatic rings. The number of hydrogen-bond acceptors (Lipinski definition) is 5. The zero-order valence-corrected chi connectivity index (χ0v) is 24.3. The smallest absolute Gasteiger partial charge is 0.408 e. The molecule has 0 saturated carbocycles. The minimum absolute atomic E-state index is 0.0980. The molecule has 0 aliphatic carbocycles. The van der Waals surface area contributed by atoms with E-state index < -0.39 is 29.6 Å². The predicted molar refractivity (Wildman–Crippen MR) is 153 cm³/mol. The number of hydrogen-bond donors (Lipinski definition) is 2. The molecule has 0 saturated heterocycles. The van der Waals surface area contributed by atoms with E-state index in [1.54, 1.807) is 20.8 Å². The van der Waals surface area contributed by atoms with Crippen LogP contribution in [0.25, 0.3) is 0 Å². The first-order chi connectivity index (χ1) is 18.1. The van der Waals surface area contributed by atoms with Crippen LogP contribution >= 0.6 is 0 Å². The van der Waals surface area contributed by atoms with E-state index in [-0.39, 0.29) is 25.4 Å². The second-order valence-electron chi connectivity index (χ2n) is 11.4. The van der Waals surface area contributed by atoms with E-state index in [1.165, 1.54) is 57.8 Å². The van der Waals surface area contributed by atoms with Crippen LogP contribution in [-0.4, -0.2) is 36.2 Å². The number of ether oxygens (including phenoxy) is 2. The summed E-state index contributed by atoms with van der Waals surface area (Å²) in [5.41, 5.74) is 5.66. The highest BCUT2D eigenvalue weighted by Gasteiger charge is 2.27. The maximum Gasteiger partial charge on any atom is 0.408 e. The number of primary amides is 1. The van der Waals surface area contributed by atoms with Crippen LogP contribution in [0.1, 0.15) is 117 Å². The average molecular weight is 533 g/mol. The Bertz CT molecular complexity index is 791. The highest BCUT2D eigenvalue weighted by Crippen LogP contribution is 2.18. The van der Waals surface area contributed by atoms with Crippen molar-refractivity contribution in [1.29, 1.82) is 0 Å². The van der Waals surface area contributed by atoms with E-state index in [0.717, 1.165) is 24.8 Å². The number of esters is 1. The molecule has 3 N–H and O–H groups in total. The van der Waals surface area contributed by atoms with Crippen molar-refractivity contribution in [2.45, 2.75) is 129 Å². The molecule has 7 nitrogen and oxygen atoms in total. The van der Waals surface area contributed by atoms with Crippen LogP contribution in [-0.2, 0) is 25.5 Å². The van der Waals surface area contributed by atoms with Gasteiger partial charge >= 0.3 is 12.1 Å². The fourth-order valence-corrected chi connectivity index (χ4v) is 4.42. The lowest BCUT2D eigenvalue weighted by atomic mass is 9.97. The monoisotopic (exact) mass is 532 g/mol. The molecule has 2 atom stereocenters. The van der Waals surface area contributed by atoms with Crippen LogP contribution in [0.4, 0.5) is 4.79 Å². The van der Waals surface area contributed by atoms with E-state index in [1.807, 2.05) is 30.3 Å². The van der Waals surface area contributed by atoms with Gasteiger partial charge in [0.2, 0.25) is 5.91 Å². The van der Waals surface area contributed by atoms with Gasteiger partial charge in [0.25, 0.3) is 0 Å². The lowest BCUT2D eigenvalue weighted by Crippen LogP contribution is -2.45. The summed E-state index contributed by atoms with van der Waals surface area (Å²) in [7, 11) is 0. The van der Waals surface area contributed by atoms with Crippen molar-refractivity contribution in [3.63, 3.8) is 0 Å². The highest BCUT2D eigenvalue weighted by molar-refractivity contribution is 5.82. The molecule has 1 unspecified atom stereocenters. The largest absolute Gasteiger partial charge is 0.464 e. The number of alkyl carbamates (subject to hydrolysis) is 1. The van der Waals surface area contributed by atoms with Gasteiger partial charge in [-0.3, -0.25) is 4.79 Å². The molecule has 216 valence electrons. The van der Waals surface area contributed by atoms with Crippen LogP contribution in [0, 0.1) is 5.92 Å². The number of carbonyl (C=O) groups excluding carboxylic acids is 3. The molecule has 0 bridgehead atoms. The van der Waals surface area contributed by atoms with Crippen molar-refractivity contribution in [2.24, 2.45) is 11.7 Å². The van der Waals surface area contributed by atoms with Gasteiger partial charge < -0.3 is 20.5 Å². The number of nitrogens with two attached hydrogens (primary N) is 1. The van der Waals surface area contributed by atoms with Crippen LogP contribution in [0.15, 0.2) is 30.3 Å². The molecule has 1 rings (SSSR count). The number of nitrogens with one attached hydrogen (secondary N) is 1. The zero-order chi connectivity index (χ0) is 28.2. The van der Waals surface area contributed by atoms with Gasteiger partial charge in [-0.25, -0.2) is 9.59 Å². The molecular formula is C31H52N2O5. The SMILES string of the molecule is CCCCCCCCCCCCCC(COC(=O)[C@H](Cc1ccccc1)NC(=O)OC(C)(C)C)CC(N)=O. The fraction of sp³-hybridized carbons (Fsp3) is 0.710. The van der Waals surface area contributed by atoms with E-state index in [0.29, 0.717) is 0 Å². The van der Waals surface area contributed by atoms with Gasteiger partial charge in [-0.2, -0.15) is 0 Å². The van der Waals surface area contributed by atoms with Crippen LogP contribution < -0.4 is 11.1 Å². The Labute approximate surface area is 230 Å². The first-order valence-corrected chi connectivity index (χ1v) is 14.6. The minimum atomic E-state index is -0.900. The van der Waals surface area contributed by atoms with Crippen molar-refractivity contribution < 1.29 is 23.9 Å². The lowest BCUT2D eigenvalue weighted by Gasteiger charge is -2.24. The van der Waals surface area contributed by atoms with E-state index in [2.05, 4.69) is 12.2 Å². The molecule has 2 amide bonds. The van der Waals surface area contributed by atoms with E-state index in [4.69, 9.17) is 15.2 Å². The Morgan fingerprint density at radius 2 is 1.42 bits per heavy atom. The third kappa shape index (κ3) is 17.8. The van der Waals surface area contributed by atoms with Gasteiger partial charge in [0.15, 0.2) is 0 Å². The van der Waals surface area contributed by atoms with Crippen molar-refractivity contribution in [3.8, 4) is 0 Å². The summed E-state index contributed by atoms with van der Waals surface area (Å²) in [5.74, 6) is -1.08. The van der Waals surface area contributed by atoms with Crippen molar-refractivity contribution in [2.75, 3.05) is 6.61 Å². The van der Waals surface area contributed by atoms with Gasteiger partial charge in [-0.05, 0) is 32.8 Å². The van der Waals surface area contributed by atoms with Gasteiger partial charge in [0.05, 0.1) is 6.61 Å². The summed E-state index contributed by atoms with van der Waals surface area (Å²) in [4.78, 5) is 37.0. The van der Waals surface area contributed by atoms with Crippen molar-refractivity contribution in [3.05, 3.63) is 35.9 Å². The average Bonchev–Trinajstić information content (AvgIpc) is 2.84. The van der Waals surface area contributed by atoms with Gasteiger partial charge in [0, 0.05) is 18.8 Å². The summed E-state index contributed by atoms with van der Waals surface area (Å²) in [5, 5.41) is 2.65. The van der Waals surface area contributed by atoms with Gasteiger partial charge in [0.1, 0.15) is 11.6 Å². The highest BCUT2D eigenvalue weighted by atomic mass is 16.6. The Kier molecular flexibility index (Phi) is 17.2. The molecule has 1 aromatic carbocycles. The number of carbonyl (C=O) groups is 3. The normalized spacial score (nSPS) is 12.9. The summed E-state index contributed by atoms with van der Waals surface area (Å²) in [6.45, 7) is 7.63. The Morgan fingerprint density at radius 3 is 1.95 bits per heavy atom. The van der Waals surface area contributed by atoms with Crippen LogP contribution in [0.5, 0.6) is 0 Å². The van der Waals surface area contributed by atoms with E-state index >= 15 is 0 Å². The third-order valence-corrected chi connectivity index (χ3v) is 6.43. The van der Waals surface area contributed by atoms with Gasteiger partial charge in [-0.1, -0.05) is 108 Å². The van der Waals surface area contributed by atoms with E-state index in [9.17, 15) is 14.4 Å². The first-order valence-electron chi connectivity index (χ1n) is 14.6. The summed E-state index contributed by atoms with van der Waals surface area (Å²) < 4.78 is 10.9. The molecule has 0 aromatic heterocycles. The first kappa shape index (κ1) is 33.5. The number of benzene rings is 1. The zero-order valence-electron chi connectivity index (χ0n) is 24.3. The molecule has 7 heteroatoms. The maximum atomic E-state index is 13.0. The molecule has 0 radical (unpaired) electrons. The standard InChI is InChI=1S/C31H52N2O5/c1-5-6-7-8-9-10-11-12-13-14-16-21-26(23-28(32)34)24-37-29(35)27(22-25-19-17-15-18-20-25)33-30(36)38-31(2,3)4/h15,17-20,26-27H,5-14,16,21-24H2,1-4H3,(H2,32,34)(H,33,36)/t26?,27-/m0/s1. The van der Waals surface area contributed by atoms with Crippen LogP contribution in [0.3, 0.4) is 0 Å². The molecular weight excluding hydrogens is 480 g/mol. The predicted octanol–water partition coefficient (Wildman–Crippen LogP) is 6.86. The molecule has 1 aromatic rings. The maximum absolute atomic E-state index is 13.0. The number of amides is 2. The quantitative estimate of drug-likeness (QED) is 0.141. The Hall–Kier alpha value is -2.57. The fourth-order valence-electron chi connectivity index (χ4n) is 4.42. The lowest BCUT2D eigenvalue weighted by molar-refractivity contribution is -0.148. The minimum Gasteiger partial charge on any atom is -0.464 e. The Morgan fingerprint density at radius 1 is 0.868 bits per heavy atom.